The van der Waals surface area contributed by atoms with Crippen molar-refractivity contribution < 1.29 is 0 Å². The maximum absolute atomic E-state index is 2.72. The summed E-state index contributed by atoms with van der Waals surface area (Å²) >= 11 is 0. The molecule has 1 heteroatoms. The van der Waals surface area contributed by atoms with Crippen LogP contribution in [0.2, 0.25) is 0 Å². The van der Waals surface area contributed by atoms with Crippen molar-refractivity contribution in [2.75, 3.05) is 0 Å². The summed E-state index contributed by atoms with van der Waals surface area (Å²) in [5.41, 5.74) is 0.738. The zero-order chi connectivity index (χ0) is 11.0. The zero-order valence-corrected chi connectivity index (χ0v) is 10.9. The van der Waals surface area contributed by atoms with E-state index in [4.69, 9.17) is 0 Å². The molecular weight excluding hydrogens is 170 g/mol. The van der Waals surface area contributed by atoms with Crippen molar-refractivity contribution in [3.05, 3.63) is 0 Å². The van der Waals surface area contributed by atoms with Crippen LogP contribution in [0.15, 0.2) is 0 Å². The van der Waals surface area contributed by atoms with Crippen LogP contribution in [0, 0.1) is 0 Å². The monoisotopic (exact) mass is 197 g/mol. The minimum absolute atomic E-state index is 0.369. The van der Waals surface area contributed by atoms with Gasteiger partial charge in [-0.05, 0) is 54.4 Å². The summed E-state index contributed by atoms with van der Waals surface area (Å²) in [5.74, 6) is 0. The Hall–Kier alpha value is -0.0400. The fraction of sp³-hybridized carbons (Fsp3) is 1.00. The lowest BCUT2D eigenvalue weighted by molar-refractivity contribution is -0.00884. The van der Waals surface area contributed by atoms with Crippen molar-refractivity contribution in [1.82, 2.24) is 4.90 Å². The highest BCUT2D eigenvalue weighted by Gasteiger charge is 2.40. The van der Waals surface area contributed by atoms with Gasteiger partial charge in [0.05, 0.1) is 0 Å². The van der Waals surface area contributed by atoms with Gasteiger partial charge < -0.3 is 0 Å². The second-order valence-electron chi connectivity index (χ2n) is 6.30. The van der Waals surface area contributed by atoms with E-state index in [0.717, 1.165) is 0 Å². The van der Waals surface area contributed by atoms with Gasteiger partial charge in [-0.25, -0.2) is 0 Å². The first-order chi connectivity index (χ1) is 6.27. The number of hydrogen-bond donors (Lipinski definition) is 0. The third kappa shape index (κ3) is 2.31. The van der Waals surface area contributed by atoms with E-state index >= 15 is 0 Å². The average molecular weight is 197 g/mol. The third-order valence-electron chi connectivity index (χ3n) is 3.65. The smallest absolute Gasteiger partial charge is 0.0161 e. The summed E-state index contributed by atoms with van der Waals surface area (Å²) in [5, 5.41) is 0. The van der Waals surface area contributed by atoms with Gasteiger partial charge in [-0.1, -0.05) is 12.8 Å². The first-order valence-electron chi connectivity index (χ1n) is 6.07. The molecule has 1 aliphatic heterocycles. The summed E-state index contributed by atoms with van der Waals surface area (Å²) in [6.45, 7) is 14.3. The molecule has 1 heterocycles. The van der Waals surface area contributed by atoms with Crippen molar-refractivity contribution in [2.24, 2.45) is 0 Å². The maximum Gasteiger partial charge on any atom is 0.0161 e. The van der Waals surface area contributed by atoms with Crippen molar-refractivity contribution in [3.8, 4) is 0 Å². The van der Waals surface area contributed by atoms with Gasteiger partial charge in [0.15, 0.2) is 0 Å². The Balaban J connectivity index is 2.97. The molecule has 0 atom stereocenters. The van der Waals surface area contributed by atoms with Crippen LogP contribution in [0.5, 0.6) is 0 Å². The second-order valence-corrected chi connectivity index (χ2v) is 6.30. The molecule has 0 aliphatic carbocycles. The molecular formula is C13H27N. The Bertz CT molecular complexity index is 173. The zero-order valence-electron chi connectivity index (χ0n) is 10.9. The van der Waals surface area contributed by atoms with Crippen LogP contribution in [0.1, 0.15) is 67.2 Å². The molecule has 0 bridgehead atoms. The predicted octanol–water partition coefficient (Wildman–Crippen LogP) is 3.83. The summed E-state index contributed by atoms with van der Waals surface area (Å²) in [6, 6.07) is 0.651. The molecule has 1 fully saturated rings. The molecule has 0 spiro atoms. The molecule has 0 radical (unpaired) electrons. The van der Waals surface area contributed by atoms with Crippen LogP contribution >= 0.6 is 0 Å². The van der Waals surface area contributed by atoms with E-state index < -0.39 is 0 Å². The van der Waals surface area contributed by atoms with Gasteiger partial charge in [-0.2, -0.15) is 0 Å². The quantitative estimate of drug-likeness (QED) is 0.617. The fourth-order valence-electron chi connectivity index (χ4n) is 3.57. The topological polar surface area (TPSA) is 3.24 Å². The highest BCUT2D eigenvalue weighted by molar-refractivity contribution is 4.96. The van der Waals surface area contributed by atoms with Gasteiger partial charge in [0.25, 0.3) is 0 Å². The van der Waals surface area contributed by atoms with Crippen LogP contribution in [-0.2, 0) is 0 Å². The van der Waals surface area contributed by atoms with Crippen molar-refractivity contribution in [1.29, 1.82) is 0 Å². The van der Waals surface area contributed by atoms with Gasteiger partial charge in [0.2, 0.25) is 0 Å². The van der Waals surface area contributed by atoms with E-state index in [1.54, 1.807) is 0 Å². The number of likely N-dealkylation sites (tertiary alicyclic amines) is 1. The molecule has 0 aromatic heterocycles. The van der Waals surface area contributed by atoms with Crippen LogP contribution < -0.4 is 0 Å². The lowest BCUT2D eigenvalue weighted by Gasteiger charge is -2.50. The van der Waals surface area contributed by atoms with Crippen molar-refractivity contribution in [2.45, 2.75) is 84.3 Å². The molecule has 1 nitrogen and oxygen atoms in total. The number of nitrogens with zero attached hydrogens (tertiary/aromatic N) is 1. The maximum atomic E-state index is 2.72. The minimum atomic E-state index is 0.369. The van der Waals surface area contributed by atoms with Crippen LogP contribution in [0.4, 0.5) is 0 Å². The van der Waals surface area contributed by atoms with Crippen molar-refractivity contribution >= 4 is 0 Å². The number of rotatable bonds is 1. The molecule has 0 saturated carbocycles. The summed E-state index contributed by atoms with van der Waals surface area (Å²) in [7, 11) is 0. The predicted molar refractivity (Wildman–Crippen MR) is 63.6 cm³/mol. The van der Waals surface area contributed by atoms with E-state index in [0.29, 0.717) is 17.1 Å². The normalized spacial score (nSPS) is 27.6. The van der Waals surface area contributed by atoms with Gasteiger partial charge >= 0.3 is 0 Å². The van der Waals surface area contributed by atoms with Gasteiger partial charge in [0, 0.05) is 17.1 Å². The van der Waals surface area contributed by atoms with Crippen LogP contribution in [0.25, 0.3) is 0 Å². The lowest BCUT2D eigenvalue weighted by Crippen LogP contribution is -2.57. The van der Waals surface area contributed by atoms with E-state index in [1.165, 1.54) is 25.7 Å². The Labute approximate surface area is 89.9 Å². The summed E-state index contributed by atoms with van der Waals surface area (Å²) in [4.78, 5) is 2.72. The molecule has 0 N–H and O–H groups in total. The van der Waals surface area contributed by atoms with Gasteiger partial charge in [-0.3, -0.25) is 4.90 Å². The lowest BCUT2D eigenvalue weighted by atomic mass is 9.90. The van der Waals surface area contributed by atoms with Gasteiger partial charge in [-0.15, -0.1) is 0 Å². The van der Waals surface area contributed by atoms with E-state index in [1.807, 2.05) is 0 Å². The fourth-order valence-corrected chi connectivity index (χ4v) is 3.57. The molecule has 0 amide bonds. The Morgan fingerprint density at radius 2 is 1.21 bits per heavy atom. The first kappa shape index (κ1) is 12.0. The first-order valence-corrected chi connectivity index (χ1v) is 6.07. The summed E-state index contributed by atoms with van der Waals surface area (Å²) in [6.07, 6.45) is 5.46. The molecule has 0 unspecified atom stereocenters. The number of hydrogen-bond acceptors (Lipinski definition) is 1. The molecule has 0 aromatic rings. The summed E-state index contributed by atoms with van der Waals surface area (Å²) < 4.78 is 0. The Morgan fingerprint density at radius 3 is 1.50 bits per heavy atom. The molecule has 0 aromatic carbocycles. The highest BCUT2D eigenvalue weighted by atomic mass is 15.3. The standard InChI is InChI=1S/C13H27N/c1-11(2)14-12(3,4)9-7-8-10-13(14,5)6/h11H,7-10H2,1-6H3. The largest absolute Gasteiger partial charge is 0.291 e. The minimum Gasteiger partial charge on any atom is -0.291 e. The average Bonchev–Trinajstić information content (AvgIpc) is 2.04. The molecule has 1 saturated heterocycles. The second kappa shape index (κ2) is 3.84. The molecule has 14 heavy (non-hydrogen) atoms. The third-order valence-corrected chi connectivity index (χ3v) is 3.65. The Kier molecular flexibility index (Phi) is 3.30. The van der Waals surface area contributed by atoms with Crippen molar-refractivity contribution in [3.63, 3.8) is 0 Å². The highest BCUT2D eigenvalue weighted by Crippen LogP contribution is 2.37. The van der Waals surface area contributed by atoms with E-state index in [-0.39, 0.29) is 0 Å². The van der Waals surface area contributed by atoms with E-state index in [9.17, 15) is 0 Å². The van der Waals surface area contributed by atoms with E-state index in [2.05, 4.69) is 46.4 Å². The Morgan fingerprint density at radius 1 is 0.857 bits per heavy atom. The molecule has 1 aliphatic rings. The molecule has 1 rings (SSSR count). The molecule has 84 valence electrons. The van der Waals surface area contributed by atoms with Gasteiger partial charge in [0.1, 0.15) is 0 Å². The SMILES string of the molecule is CC(C)N1C(C)(C)CCCCC1(C)C. The van der Waals surface area contributed by atoms with Crippen LogP contribution in [-0.4, -0.2) is 22.0 Å². The van der Waals surface area contributed by atoms with Crippen LogP contribution in [0.3, 0.4) is 0 Å².